The van der Waals surface area contributed by atoms with E-state index >= 15 is 0 Å². The Bertz CT molecular complexity index is 1570. The van der Waals surface area contributed by atoms with E-state index in [2.05, 4.69) is 51.5 Å². The molecule has 2 aromatic carbocycles. The van der Waals surface area contributed by atoms with Crippen molar-refractivity contribution in [3.05, 3.63) is 77.9 Å². The summed E-state index contributed by atoms with van der Waals surface area (Å²) in [5.41, 5.74) is 4.62. The molecule has 0 radical (unpaired) electrons. The lowest BCUT2D eigenvalue weighted by atomic mass is 10.1. The van der Waals surface area contributed by atoms with E-state index in [4.69, 9.17) is 9.47 Å². The van der Waals surface area contributed by atoms with E-state index in [-0.39, 0.29) is 12.5 Å². The highest BCUT2D eigenvalue weighted by molar-refractivity contribution is 5.92. The van der Waals surface area contributed by atoms with Crippen molar-refractivity contribution in [1.82, 2.24) is 29.5 Å². The summed E-state index contributed by atoms with van der Waals surface area (Å²) in [6.45, 7) is 8.32. The third-order valence-corrected chi connectivity index (χ3v) is 5.88. The van der Waals surface area contributed by atoms with Crippen LogP contribution in [0, 0.1) is 20.8 Å². The Balaban J connectivity index is 1.38. The van der Waals surface area contributed by atoms with E-state index < -0.39 is 0 Å². The van der Waals surface area contributed by atoms with Crippen molar-refractivity contribution in [2.24, 2.45) is 0 Å². The van der Waals surface area contributed by atoms with Crippen LogP contribution < -0.4 is 14.8 Å². The molecule has 0 fully saturated rings. The maximum absolute atomic E-state index is 12.7. The molecule has 3 heterocycles. The molecule has 0 spiro atoms. The smallest absolute Gasteiger partial charge is 0.263 e. The number of carbonyl (C=O) groups excluding carboxylic acids is 1. The van der Waals surface area contributed by atoms with Crippen LogP contribution in [-0.4, -0.2) is 48.6 Å². The highest BCUT2D eigenvalue weighted by Crippen LogP contribution is 2.25. The standard InChI is InChI=1S/C27H27N7O3/c1-5-36-21-8-10-22(11-9-21)37-15-25(35)31-24-13-19(4)32-34(24)27-23-14-30-33(26(23)28-16-29-27)20-7-6-17(2)18(3)12-20/h6-14,16H,5,15H2,1-4H3,(H,31,35). The molecule has 5 aromatic rings. The fourth-order valence-corrected chi connectivity index (χ4v) is 3.92. The van der Waals surface area contributed by atoms with Crippen LogP contribution in [0.15, 0.2) is 61.1 Å². The highest BCUT2D eigenvalue weighted by atomic mass is 16.5. The van der Waals surface area contributed by atoms with Gasteiger partial charge in [0.15, 0.2) is 18.1 Å². The number of rotatable bonds is 8. The lowest BCUT2D eigenvalue weighted by molar-refractivity contribution is -0.118. The van der Waals surface area contributed by atoms with Gasteiger partial charge in [-0.2, -0.15) is 14.9 Å². The summed E-state index contributed by atoms with van der Waals surface area (Å²) in [6.07, 6.45) is 3.17. The second-order valence-electron chi connectivity index (χ2n) is 8.58. The first-order chi connectivity index (χ1) is 17.9. The Hall–Kier alpha value is -4.73. The molecule has 0 unspecified atom stereocenters. The number of aryl methyl sites for hydroxylation is 3. The summed E-state index contributed by atoms with van der Waals surface area (Å²) in [5.74, 6) is 1.97. The van der Waals surface area contributed by atoms with Gasteiger partial charge in [0.1, 0.15) is 23.6 Å². The molecule has 0 aliphatic rings. The van der Waals surface area contributed by atoms with E-state index in [1.807, 2.05) is 19.9 Å². The van der Waals surface area contributed by atoms with Crippen molar-refractivity contribution in [3.63, 3.8) is 0 Å². The lowest BCUT2D eigenvalue weighted by Crippen LogP contribution is -2.22. The van der Waals surface area contributed by atoms with Gasteiger partial charge >= 0.3 is 0 Å². The van der Waals surface area contributed by atoms with Gasteiger partial charge in [0.25, 0.3) is 5.91 Å². The number of ether oxygens (including phenoxy) is 2. The van der Waals surface area contributed by atoms with Gasteiger partial charge in [0.05, 0.1) is 29.6 Å². The normalized spacial score (nSPS) is 11.0. The van der Waals surface area contributed by atoms with E-state index in [1.54, 1.807) is 45.9 Å². The van der Waals surface area contributed by atoms with E-state index in [9.17, 15) is 4.79 Å². The number of amides is 1. The maximum atomic E-state index is 12.7. The molecule has 0 bridgehead atoms. The van der Waals surface area contributed by atoms with E-state index in [0.29, 0.717) is 35.0 Å². The molecule has 5 rings (SSSR count). The molecule has 0 saturated carbocycles. The Labute approximate surface area is 213 Å². The highest BCUT2D eigenvalue weighted by Gasteiger charge is 2.18. The average molecular weight is 498 g/mol. The number of aromatic nitrogens is 6. The third kappa shape index (κ3) is 4.99. The second kappa shape index (κ2) is 10.1. The number of benzene rings is 2. The average Bonchev–Trinajstić information content (AvgIpc) is 3.48. The summed E-state index contributed by atoms with van der Waals surface area (Å²) in [5, 5.41) is 12.7. The van der Waals surface area contributed by atoms with Gasteiger partial charge in [0, 0.05) is 6.07 Å². The summed E-state index contributed by atoms with van der Waals surface area (Å²) < 4.78 is 14.4. The largest absolute Gasteiger partial charge is 0.494 e. The van der Waals surface area contributed by atoms with Gasteiger partial charge in [-0.1, -0.05) is 6.07 Å². The molecule has 37 heavy (non-hydrogen) atoms. The Morgan fingerprint density at radius 3 is 2.41 bits per heavy atom. The van der Waals surface area contributed by atoms with Gasteiger partial charge in [0.2, 0.25) is 0 Å². The third-order valence-electron chi connectivity index (χ3n) is 5.88. The van der Waals surface area contributed by atoms with Gasteiger partial charge in [-0.15, -0.1) is 0 Å². The molecule has 0 aliphatic heterocycles. The van der Waals surface area contributed by atoms with Crippen LogP contribution in [0.2, 0.25) is 0 Å². The number of nitrogens with zero attached hydrogens (tertiary/aromatic N) is 6. The van der Waals surface area contributed by atoms with Crippen molar-refractivity contribution in [2.45, 2.75) is 27.7 Å². The molecular formula is C27H27N7O3. The van der Waals surface area contributed by atoms with Gasteiger partial charge in [-0.3, -0.25) is 4.79 Å². The van der Waals surface area contributed by atoms with Crippen LogP contribution in [0.3, 0.4) is 0 Å². The Morgan fingerprint density at radius 1 is 0.919 bits per heavy atom. The molecule has 0 saturated heterocycles. The SMILES string of the molecule is CCOc1ccc(OCC(=O)Nc2cc(C)nn2-c2ncnc3c2cnn3-c2ccc(C)c(C)c2)cc1. The zero-order chi connectivity index (χ0) is 25.9. The van der Waals surface area contributed by atoms with Crippen molar-refractivity contribution < 1.29 is 14.3 Å². The topological polar surface area (TPSA) is 109 Å². The molecule has 3 aromatic heterocycles. The van der Waals surface area contributed by atoms with E-state index in [0.717, 1.165) is 22.7 Å². The number of hydrogen-bond donors (Lipinski definition) is 1. The lowest BCUT2D eigenvalue weighted by Gasteiger charge is -2.10. The maximum Gasteiger partial charge on any atom is 0.263 e. The van der Waals surface area contributed by atoms with Crippen molar-refractivity contribution in [3.8, 4) is 23.0 Å². The zero-order valence-electron chi connectivity index (χ0n) is 21.1. The van der Waals surface area contributed by atoms with Crippen molar-refractivity contribution in [2.75, 3.05) is 18.5 Å². The molecule has 0 aliphatic carbocycles. The first-order valence-electron chi connectivity index (χ1n) is 11.9. The predicted octanol–water partition coefficient (Wildman–Crippen LogP) is 4.34. The zero-order valence-corrected chi connectivity index (χ0v) is 21.1. The number of carbonyl (C=O) groups is 1. The monoisotopic (exact) mass is 497 g/mol. The number of nitrogens with one attached hydrogen (secondary N) is 1. The fourth-order valence-electron chi connectivity index (χ4n) is 3.92. The molecule has 10 heteroatoms. The summed E-state index contributed by atoms with van der Waals surface area (Å²) in [4.78, 5) is 21.6. The second-order valence-corrected chi connectivity index (χ2v) is 8.58. The van der Waals surface area contributed by atoms with Crippen molar-refractivity contribution >= 4 is 22.8 Å². The predicted molar refractivity (Wildman–Crippen MR) is 140 cm³/mol. The van der Waals surface area contributed by atoms with E-state index in [1.165, 1.54) is 11.9 Å². The minimum Gasteiger partial charge on any atom is -0.494 e. The van der Waals surface area contributed by atoms with Crippen LogP contribution >= 0.6 is 0 Å². The fraction of sp³-hybridized carbons (Fsp3) is 0.222. The van der Waals surface area contributed by atoms with Gasteiger partial charge in [-0.05, 0) is 75.2 Å². The summed E-state index contributed by atoms with van der Waals surface area (Å²) in [6, 6.07) is 15.0. The quantitative estimate of drug-likeness (QED) is 0.340. The van der Waals surface area contributed by atoms with Gasteiger partial charge < -0.3 is 14.8 Å². The molecule has 1 N–H and O–H groups in total. The summed E-state index contributed by atoms with van der Waals surface area (Å²) >= 11 is 0. The van der Waals surface area contributed by atoms with Crippen LogP contribution in [0.5, 0.6) is 11.5 Å². The molecule has 0 atom stereocenters. The first kappa shape index (κ1) is 24.0. The number of hydrogen-bond acceptors (Lipinski definition) is 7. The van der Waals surface area contributed by atoms with Crippen LogP contribution in [-0.2, 0) is 4.79 Å². The summed E-state index contributed by atoms with van der Waals surface area (Å²) in [7, 11) is 0. The Morgan fingerprint density at radius 2 is 1.68 bits per heavy atom. The first-order valence-corrected chi connectivity index (χ1v) is 11.9. The van der Waals surface area contributed by atoms with Crippen LogP contribution in [0.25, 0.3) is 22.5 Å². The molecule has 10 nitrogen and oxygen atoms in total. The number of fused-ring (bicyclic) bond motifs is 1. The van der Waals surface area contributed by atoms with Crippen LogP contribution in [0.4, 0.5) is 5.82 Å². The van der Waals surface area contributed by atoms with Crippen molar-refractivity contribution in [1.29, 1.82) is 0 Å². The van der Waals surface area contributed by atoms with Crippen LogP contribution in [0.1, 0.15) is 23.7 Å². The number of anilines is 1. The minimum atomic E-state index is -0.328. The Kier molecular flexibility index (Phi) is 6.55. The van der Waals surface area contributed by atoms with Gasteiger partial charge in [-0.25, -0.2) is 14.6 Å². The molecular weight excluding hydrogens is 470 g/mol. The minimum absolute atomic E-state index is 0.165. The molecule has 1 amide bonds. The molecule has 188 valence electrons.